The van der Waals surface area contributed by atoms with Gasteiger partial charge in [0.15, 0.2) is 6.29 Å². The molecule has 0 radical (unpaired) electrons. The Kier molecular flexibility index (Phi) is 2.77. The van der Waals surface area contributed by atoms with Crippen LogP contribution in [-0.2, 0) is 4.74 Å². The van der Waals surface area contributed by atoms with Crippen molar-refractivity contribution < 1.29 is 9.53 Å². The second-order valence-electron chi connectivity index (χ2n) is 5.68. The van der Waals surface area contributed by atoms with Gasteiger partial charge in [0.25, 0.3) is 0 Å². The van der Waals surface area contributed by atoms with Gasteiger partial charge in [-0.25, -0.2) is 0 Å². The fraction of sp³-hybridized carbons (Fsp3) is 0.714. The molecule has 1 unspecified atom stereocenters. The molecule has 1 saturated heterocycles. The zero-order valence-electron chi connectivity index (χ0n) is 11.1. The van der Waals surface area contributed by atoms with E-state index in [0.29, 0.717) is 6.04 Å². The molecular weight excluding hydrogens is 228 g/mol. The Balaban J connectivity index is 1.88. The number of nitrogens with zero attached hydrogens (tertiary/aromatic N) is 2. The number of carbonyl (C=O) groups is 1. The van der Waals surface area contributed by atoms with E-state index in [1.165, 1.54) is 19.3 Å². The summed E-state index contributed by atoms with van der Waals surface area (Å²) in [5, 5.41) is 4.56. The lowest BCUT2D eigenvalue weighted by Crippen LogP contribution is -2.46. The normalized spacial score (nSPS) is 26.0. The molecule has 0 amide bonds. The Morgan fingerprint density at radius 2 is 2.22 bits per heavy atom. The molecule has 2 aliphatic rings. The summed E-state index contributed by atoms with van der Waals surface area (Å²) in [4.78, 5) is 11.1. The molecule has 0 aromatic carbocycles. The van der Waals surface area contributed by atoms with Crippen molar-refractivity contribution >= 4 is 6.29 Å². The molecule has 0 N–H and O–H groups in total. The maximum atomic E-state index is 11.1. The van der Waals surface area contributed by atoms with Crippen LogP contribution in [0.25, 0.3) is 0 Å². The highest BCUT2D eigenvalue weighted by Gasteiger charge is 2.43. The van der Waals surface area contributed by atoms with Gasteiger partial charge in [-0.15, -0.1) is 0 Å². The van der Waals surface area contributed by atoms with Gasteiger partial charge >= 0.3 is 0 Å². The van der Waals surface area contributed by atoms with E-state index in [9.17, 15) is 4.79 Å². The number of hydrogen-bond donors (Lipinski definition) is 0. The van der Waals surface area contributed by atoms with E-state index in [2.05, 4.69) is 9.78 Å². The summed E-state index contributed by atoms with van der Waals surface area (Å²) in [7, 11) is 0. The van der Waals surface area contributed by atoms with Crippen molar-refractivity contribution in [3.05, 3.63) is 17.0 Å². The lowest BCUT2D eigenvalue weighted by molar-refractivity contribution is -0.141. The molecular formula is C14H20N2O2. The van der Waals surface area contributed by atoms with Gasteiger partial charge in [0.2, 0.25) is 0 Å². The molecule has 4 heteroatoms. The van der Waals surface area contributed by atoms with Crippen LogP contribution in [0.3, 0.4) is 0 Å². The molecule has 1 aliphatic carbocycles. The first kappa shape index (κ1) is 11.9. The topological polar surface area (TPSA) is 44.1 Å². The Bertz CT molecular complexity index is 474. The van der Waals surface area contributed by atoms with Gasteiger partial charge in [0.05, 0.1) is 22.9 Å². The zero-order chi connectivity index (χ0) is 12.8. The van der Waals surface area contributed by atoms with Crippen LogP contribution in [0.2, 0.25) is 0 Å². The van der Waals surface area contributed by atoms with Crippen LogP contribution in [0.15, 0.2) is 0 Å². The first-order valence-electron chi connectivity index (χ1n) is 6.80. The Hall–Kier alpha value is -1.16. The molecule has 1 atom stereocenters. The second-order valence-corrected chi connectivity index (χ2v) is 5.68. The van der Waals surface area contributed by atoms with Crippen LogP contribution < -0.4 is 0 Å². The van der Waals surface area contributed by atoms with Crippen molar-refractivity contribution in [2.24, 2.45) is 0 Å². The van der Waals surface area contributed by atoms with Crippen molar-refractivity contribution in [3.8, 4) is 0 Å². The number of aromatic nitrogens is 2. The quantitative estimate of drug-likeness (QED) is 0.756. The SMILES string of the molecule is Cc1nn(C2CCOC3(CCC3)C2)c(C)c1C=O. The van der Waals surface area contributed by atoms with Crippen molar-refractivity contribution in [2.75, 3.05) is 6.61 Å². The molecule has 98 valence electrons. The Morgan fingerprint density at radius 1 is 1.44 bits per heavy atom. The van der Waals surface area contributed by atoms with Gasteiger partial charge in [0.1, 0.15) is 0 Å². The molecule has 1 aromatic heterocycles. The Labute approximate surface area is 107 Å². The molecule has 2 fully saturated rings. The van der Waals surface area contributed by atoms with Crippen LogP contribution in [0.1, 0.15) is 59.9 Å². The molecule has 1 aliphatic heterocycles. The smallest absolute Gasteiger partial charge is 0.153 e. The lowest BCUT2D eigenvalue weighted by atomic mass is 9.74. The van der Waals surface area contributed by atoms with Gasteiger partial charge in [-0.05, 0) is 46.0 Å². The number of carbonyl (C=O) groups excluding carboxylic acids is 1. The highest BCUT2D eigenvalue weighted by Crippen LogP contribution is 2.45. The number of aryl methyl sites for hydroxylation is 1. The number of hydrogen-bond acceptors (Lipinski definition) is 3. The summed E-state index contributed by atoms with van der Waals surface area (Å²) in [5.41, 5.74) is 2.72. The van der Waals surface area contributed by atoms with Crippen LogP contribution in [0.5, 0.6) is 0 Å². The molecule has 1 aromatic rings. The summed E-state index contributed by atoms with van der Waals surface area (Å²) in [6.07, 6.45) is 6.62. The third-order valence-corrected chi connectivity index (χ3v) is 4.58. The van der Waals surface area contributed by atoms with Crippen LogP contribution in [0, 0.1) is 13.8 Å². The van der Waals surface area contributed by atoms with E-state index in [1.54, 1.807) is 0 Å². The van der Waals surface area contributed by atoms with Gasteiger partial charge in [-0.3, -0.25) is 9.48 Å². The highest BCUT2D eigenvalue weighted by atomic mass is 16.5. The number of ether oxygens (including phenoxy) is 1. The number of rotatable bonds is 2. The van der Waals surface area contributed by atoms with Crippen LogP contribution in [-0.4, -0.2) is 28.3 Å². The Morgan fingerprint density at radius 3 is 2.78 bits per heavy atom. The third-order valence-electron chi connectivity index (χ3n) is 4.58. The van der Waals surface area contributed by atoms with Gasteiger partial charge in [-0.1, -0.05) is 0 Å². The summed E-state index contributed by atoms with van der Waals surface area (Å²) < 4.78 is 8.00. The molecule has 2 heterocycles. The summed E-state index contributed by atoms with van der Waals surface area (Å²) in [6.45, 7) is 4.72. The van der Waals surface area contributed by atoms with E-state index in [0.717, 1.165) is 42.7 Å². The van der Waals surface area contributed by atoms with E-state index in [-0.39, 0.29) is 5.60 Å². The van der Waals surface area contributed by atoms with Crippen LogP contribution >= 0.6 is 0 Å². The molecule has 18 heavy (non-hydrogen) atoms. The molecule has 1 spiro atoms. The predicted octanol–water partition coefficient (Wildman–Crippen LogP) is 2.59. The van der Waals surface area contributed by atoms with Crippen LogP contribution in [0.4, 0.5) is 0 Å². The fourth-order valence-electron chi connectivity index (χ4n) is 3.33. The third kappa shape index (κ3) is 1.70. The highest BCUT2D eigenvalue weighted by molar-refractivity contribution is 5.78. The minimum Gasteiger partial charge on any atom is -0.375 e. The maximum absolute atomic E-state index is 11.1. The maximum Gasteiger partial charge on any atom is 0.153 e. The van der Waals surface area contributed by atoms with Crippen molar-refractivity contribution in [2.45, 2.75) is 57.6 Å². The minimum absolute atomic E-state index is 0.122. The monoisotopic (exact) mass is 248 g/mol. The fourth-order valence-corrected chi connectivity index (χ4v) is 3.33. The van der Waals surface area contributed by atoms with Gasteiger partial charge < -0.3 is 4.74 Å². The van der Waals surface area contributed by atoms with E-state index < -0.39 is 0 Å². The van der Waals surface area contributed by atoms with Gasteiger partial charge in [0, 0.05) is 12.3 Å². The summed E-state index contributed by atoms with van der Waals surface area (Å²) >= 11 is 0. The standard InChI is InChI=1S/C14H20N2O2/c1-10-13(9-17)11(2)16(15-10)12-4-7-18-14(8-12)5-3-6-14/h9,12H,3-8H2,1-2H3. The average Bonchev–Trinajstić information content (AvgIpc) is 2.62. The van der Waals surface area contributed by atoms with Gasteiger partial charge in [-0.2, -0.15) is 5.10 Å². The van der Waals surface area contributed by atoms with E-state index >= 15 is 0 Å². The molecule has 3 rings (SSSR count). The second kappa shape index (κ2) is 4.19. The predicted molar refractivity (Wildman–Crippen MR) is 67.9 cm³/mol. The largest absolute Gasteiger partial charge is 0.375 e. The summed E-state index contributed by atoms with van der Waals surface area (Å²) in [5.74, 6) is 0. The van der Waals surface area contributed by atoms with E-state index in [4.69, 9.17) is 4.74 Å². The molecule has 1 saturated carbocycles. The zero-order valence-corrected chi connectivity index (χ0v) is 11.1. The lowest BCUT2D eigenvalue weighted by Gasteiger charge is -2.47. The van der Waals surface area contributed by atoms with Crippen molar-refractivity contribution in [3.63, 3.8) is 0 Å². The molecule has 0 bridgehead atoms. The van der Waals surface area contributed by atoms with E-state index in [1.807, 2.05) is 13.8 Å². The van der Waals surface area contributed by atoms with Crippen molar-refractivity contribution in [1.29, 1.82) is 0 Å². The first-order chi connectivity index (χ1) is 8.65. The summed E-state index contributed by atoms with van der Waals surface area (Å²) in [6, 6.07) is 0.395. The average molecular weight is 248 g/mol. The number of aldehydes is 1. The molecule has 4 nitrogen and oxygen atoms in total. The van der Waals surface area contributed by atoms with Crippen molar-refractivity contribution in [1.82, 2.24) is 9.78 Å². The minimum atomic E-state index is 0.122. The first-order valence-corrected chi connectivity index (χ1v) is 6.80.